The summed E-state index contributed by atoms with van der Waals surface area (Å²) in [5.41, 5.74) is 3.00. The molecule has 2 heterocycles. The van der Waals surface area contributed by atoms with Gasteiger partial charge in [-0.15, -0.1) is 0 Å². The van der Waals surface area contributed by atoms with Crippen molar-refractivity contribution in [3.63, 3.8) is 0 Å². The third kappa shape index (κ3) is 1.53. The Labute approximate surface area is 91.1 Å². The van der Waals surface area contributed by atoms with Crippen LogP contribution in [-0.2, 0) is 0 Å². The van der Waals surface area contributed by atoms with Crippen LogP contribution in [0.1, 0.15) is 11.4 Å². The Kier molecular flexibility index (Phi) is 2.29. The fourth-order valence-corrected chi connectivity index (χ4v) is 1.63. The smallest absolute Gasteiger partial charge is 0.158 e. The highest BCUT2D eigenvalue weighted by atomic mass is 35.5. The SMILES string of the molecule is Cc1nc2cc(Cl)nc(Cl)c2nc1C. The Morgan fingerprint density at radius 3 is 2.36 bits per heavy atom. The summed E-state index contributed by atoms with van der Waals surface area (Å²) in [6.45, 7) is 3.77. The van der Waals surface area contributed by atoms with Crippen LogP contribution in [0.5, 0.6) is 0 Å². The van der Waals surface area contributed by atoms with Crippen molar-refractivity contribution in [3.8, 4) is 0 Å². The molecule has 0 amide bonds. The van der Waals surface area contributed by atoms with Crippen LogP contribution in [0.25, 0.3) is 11.0 Å². The Bertz CT molecular complexity index is 511. The molecule has 0 saturated carbocycles. The Balaban J connectivity index is 2.89. The van der Waals surface area contributed by atoms with Crippen molar-refractivity contribution in [2.75, 3.05) is 0 Å². The maximum absolute atomic E-state index is 5.89. The number of hydrogen-bond donors (Lipinski definition) is 0. The van der Waals surface area contributed by atoms with Gasteiger partial charge in [0.1, 0.15) is 10.7 Å². The molecule has 0 unspecified atom stereocenters. The average Bonchev–Trinajstić information content (AvgIpc) is 2.08. The minimum absolute atomic E-state index is 0.295. The van der Waals surface area contributed by atoms with E-state index < -0.39 is 0 Å². The fraction of sp³-hybridized carbons (Fsp3) is 0.222. The average molecular weight is 228 g/mol. The highest BCUT2D eigenvalue weighted by Crippen LogP contribution is 2.22. The second kappa shape index (κ2) is 3.33. The molecule has 2 aromatic rings. The molecule has 0 atom stereocenters. The second-order valence-corrected chi connectivity index (χ2v) is 3.74. The van der Waals surface area contributed by atoms with Crippen LogP contribution in [0, 0.1) is 13.8 Å². The number of fused-ring (bicyclic) bond motifs is 1. The number of pyridine rings is 1. The highest BCUT2D eigenvalue weighted by molar-refractivity contribution is 6.35. The van der Waals surface area contributed by atoms with Crippen molar-refractivity contribution >= 4 is 34.2 Å². The van der Waals surface area contributed by atoms with Gasteiger partial charge in [-0.3, -0.25) is 0 Å². The molecular weight excluding hydrogens is 221 g/mol. The quantitative estimate of drug-likeness (QED) is 0.650. The van der Waals surface area contributed by atoms with Crippen LogP contribution in [0.3, 0.4) is 0 Å². The van der Waals surface area contributed by atoms with Crippen LogP contribution in [-0.4, -0.2) is 15.0 Å². The number of halogens is 2. The van der Waals surface area contributed by atoms with Gasteiger partial charge in [0, 0.05) is 6.07 Å². The summed E-state index contributed by atoms with van der Waals surface area (Å²) in [6.07, 6.45) is 0. The first kappa shape index (κ1) is 9.62. The maximum atomic E-state index is 5.89. The molecule has 14 heavy (non-hydrogen) atoms. The first-order valence-electron chi connectivity index (χ1n) is 4.05. The van der Waals surface area contributed by atoms with Crippen LogP contribution >= 0.6 is 23.2 Å². The number of aryl methyl sites for hydroxylation is 2. The van der Waals surface area contributed by atoms with Gasteiger partial charge in [0.25, 0.3) is 0 Å². The lowest BCUT2D eigenvalue weighted by Crippen LogP contribution is -1.95. The first-order valence-corrected chi connectivity index (χ1v) is 4.80. The molecule has 0 aliphatic heterocycles. The first-order chi connectivity index (χ1) is 6.58. The van der Waals surface area contributed by atoms with Gasteiger partial charge >= 0.3 is 0 Å². The van der Waals surface area contributed by atoms with Gasteiger partial charge in [-0.1, -0.05) is 23.2 Å². The standard InChI is InChI=1S/C9H7Cl2N3/c1-4-5(2)13-8-6(12-4)3-7(10)14-9(8)11/h3H,1-2H3. The largest absolute Gasteiger partial charge is 0.249 e. The molecule has 0 N–H and O–H groups in total. The predicted octanol–water partition coefficient (Wildman–Crippen LogP) is 2.95. The highest BCUT2D eigenvalue weighted by Gasteiger charge is 2.07. The minimum Gasteiger partial charge on any atom is -0.249 e. The van der Waals surface area contributed by atoms with Crippen molar-refractivity contribution in [2.45, 2.75) is 13.8 Å². The van der Waals surface area contributed by atoms with E-state index in [0.717, 1.165) is 11.4 Å². The summed E-state index contributed by atoms with van der Waals surface area (Å²) in [5.74, 6) is 0. The van der Waals surface area contributed by atoms with Gasteiger partial charge < -0.3 is 0 Å². The van der Waals surface area contributed by atoms with E-state index >= 15 is 0 Å². The summed E-state index contributed by atoms with van der Waals surface area (Å²) < 4.78 is 0. The Morgan fingerprint density at radius 2 is 1.64 bits per heavy atom. The summed E-state index contributed by atoms with van der Waals surface area (Å²) in [5, 5.41) is 0.628. The van der Waals surface area contributed by atoms with Crippen LogP contribution < -0.4 is 0 Å². The lowest BCUT2D eigenvalue weighted by atomic mass is 10.3. The normalized spacial score (nSPS) is 10.9. The number of aromatic nitrogens is 3. The van der Waals surface area contributed by atoms with Crippen LogP contribution in [0.4, 0.5) is 0 Å². The summed E-state index contributed by atoms with van der Waals surface area (Å²) in [4.78, 5) is 12.5. The van der Waals surface area contributed by atoms with Crippen LogP contribution in [0.2, 0.25) is 10.3 Å². The molecule has 0 bridgehead atoms. The van der Waals surface area contributed by atoms with E-state index in [1.807, 2.05) is 13.8 Å². The molecule has 0 saturated heterocycles. The zero-order valence-electron chi connectivity index (χ0n) is 7.67. The van der Waals surface area contributed by atoms with E-state index in [1.165, 1.54) is 0 Å². The molecule has 2 aromatic heterocycles. The summed E-state index contributed by atoms with van der Waals surface area (Å²) in [7, 11) is 0. The van der Waals surface area contributed by atoms with E-state index in [1.54, 1.807) is 6.07 Å². The molecule has 0 radical (unpaired) electrons. The zero-order chi connectivity index (χ0) is 10.3. The number of rotatable bonds is 0. The minimum atomic E-state index is 0.295. The van der Waals surface area contributed by atoms with Gasteiger partial charge in [0.05, 0.1) is 16.9 Å². The van der Waals surface area contributed by atoms with Crippen molar-refractivity contribution in [1.82, 2.24) is 15.0 Å². The van der Waals surface area contributed by atoms with Gasteiger partial charge in [-0.25, -0.2) is 15.0 Å². The molecule has 0 spiro atoms. The molecule has 0 aromatic carbocycles. The van der Waals surface area contributed by atoms with Gasteiger partial charge in [0.2, 0.25) is 0 Å². The molecule has 0 aliphatic rings. The maximum Gasteiger partial charge on any atom is 0.158 e. The third-order valence-corrected chi connectivity index (χ3v) is 2.45. The van der Waals surface area contributed by atoms with Crippen molar-refractivity contribution in [1.29, 1.82) is 0 Å². The van der Waals surface area contributed by atoms with E-state index in [2.05, 4.69) is 15.0 Å². The third-order valence-electron chi connectivity index (χ3n) is 1.99. The molecule has 2 rings (SSSR count). The second-order valence-electron chi connectivity index (χ2n) is 3.00. The van der Waals surface area contributed by atoms with E-state index in [9.17, 15) is 0 Å². The lowest BCUT2D eigenvalue weighted by molar-refractivity contribution is 1.09. The molecular formula is C9H7Cl2N3. The van der Waals surface area contributed by atoms with E-state index in [4.69, 9.17) is 23.2 Å². The van der Waals surface area contributed by atoms with Crippen molar-refractivity contribution in [3.05, 3.63) is 27.8 Å². The zero-order valence-corrected chi connectivity index (χ0v) is 9.19. The summed E-state index contributed by atoms with van der Waals surface area (Å²) >= 11 is 11.6. The molecule has 72 valence electrons. The Morgan fingerprint density at radius 1 is 1.00 bits per heavy atom. The fourth-order valence-electron chi connectivity index (χ4n) is 1.16. The van der Waals surface area contributed by atoms with E-state index in [0.29, 0.717) is 21.3 Å². The van der Waals surface area contributed by atoms with Crippen molar-refractivity contribution in [2.24, 2.45) is 0 Å². The van der Waals surface area contributed by atoms with Gasteiger partial charge in [-0.05, 0) is 13.8 Å². The monoisotopic (exact) mass is 227 g/mol. The van der Waals surface area contributed by atoms with Crippen LogP contribution in [0.15, 0.2) is 6.07 Å². The lowest BCUT2D eigenvalue weighted by Gasteiger charge is -2.03. The summed E-state index contributed by atoms with van der Waals surface area (Å²) in [6, 6.07) is 1.65. The number of nitrogens with zero attached hydrogens (tertiary/aromatic N) is 3. The Hall–Kier alpha value is -0.930. The topological polar surface area (TPSA) is 38.7 Å². The molecule has 5 heteroatoms. The molecule has 0 fully saturated rings. The van der Waals surface area contributed by atoms with Crippen molar-refractivity contribution < 1.29 is 0 Å². The number of hydrogen-bond acceptors (Lipinski definition) is 3. The van der Waals surface area contributed by atoms with E-state index in [-0.39, 0.29) is 0 Å². The van der Waals surface area contributed by atoms with Gasteiger partial charge in [-0.2, -0.15) is 0 Å². The predicted molar refractivity (Wildman–Crippen MR) is 56.8 cm³/mol. The molecule has 3 nitrogen and oxygen atoms in total. The molecule has 0 aliphatic carbocycles. The van der Waals surface area contributed by atoms with Gasteiger partial charge in [0.15, 0.2) is 5.15 Å².